The quantitative estimate of drug-likeness (QED) is 0.642. The minimum absolute atomic E-state index is 0.0683. The lowest BCUT2D eigenvalue weighted by atomic mass is 10.2. The van der Waals surface area contributed by atoms with Gasteiger partial charge in [0.2, 0.25) is 11.8 Å². The van der Waals surface area contributed by atoms with Gasteiger partial charge in [-0.3, -0.25) is 9.59 Å². The molecule has 25 heavy (non-hydrogen) atoms. The van der Waals surface area contributed by atoms with Crippen molar-refractivity contribution in [1.82, 2.24) is 0 Å². The Bertz CT molecular complexity index is 788. The third-order valence-corrected chi connectivity index (χ3v) is 3.02. The molecule has 2 rings (SSSR count). The molecular formula is C16H11F5N2O2. The fourth-order valence-corrected chi connectivity index (χ4v) is 1.88. The van der Waals surface area contributed by atoms with Gasteiger partial charge >= 0.3 is 6.18 Å². The highest BCUT2D eigenvalue weighted by Crippen LogP contribution is 2.29. The highest BCUT2D eigenvalue weighted by molar-refractivity contribution is 6.08. The van der Waals surface area contributed by atoms with Crippen LogP contribution in [0.1, 0.15) is 12.0 Å². The number of hydrogen-bond acceptors (Lipinski definition) is 2. The van der Waals surface area contributed by atoms with E-state index < -0.39 is 41.6 Å². The molecule has 0 aliphatic carbocycles. The van der Waals surface area contributed by atoms with E-state index in [2.05, 4.69) is 10.6 Å². The molecule has 0 aromatic heterocycles. The van der Waals surface area contributed by atoms with E-state index in [9.17, 15) is 31.5 Å². The summed E-state index contributed by atoms with van der Waals surface area (Å²) in [5, 5.41) is 4.33. The highest BCUT2D eigenvalue weighted by Gasteiger charge is 2.30. The van der Waals surface area contributed by atoms with Gasteiger partial charge in [-0.1, -0.05) is 0 Å². The Morgan fingerprint density at radius 2 is 1.48 bits per heavy atom. The zero-order valence-corrected chi connectivity index (χ0v) is 12.5. The Morgan fingerprint density at radius 1 is 0.880 bits per heavy atom. The van der Waals surface area contributed by atoms with Gasteiger partial charge in [-0.25, -0.2) is 8.78 Å². The molecule has 2 aromatic rings. The average molecular weight is 358 g/mol. The van der Waals surface area contributed by atoms with Crippen LogP contribution in [-0.2, 0) is 15.8 Å². The minimum atomic E-state index is -4.50. The summed E-state index contributed by atoms with van der Waals surface area (Å²) in [6.07, 6.45) is -5.19. The lowest BCUT2D eigenvalue weighted by Gasteiger charge is -2.09. The van der Waals surface area contributed by atoms with Gasteiger partial charge in [-0.15, -0.1) is 0 Å². The third-order valence-electron chi connectivity index (χ3n) is 3.02. The van der Waals surface area contributed by atoms with Crippen LogP contribution in [0.5, 0.6) is 0 Å². The van der Waals surface area contributed by atoms with Gasteiger partial charge < -0.3 is 10.6 Å². The van der Waals surface area contributed by atoms with Crippen molar-refractivity contribution in [2.24, 2.45) is 0 Å². The molecule has 0 unspecified atom stereocenters. The highest BCUT2D eigenvalue weighted by atomic mass is 19.4. The molecule has 0 saturated carbocycles. The first-order valence-electron chi connectivity index (χ1n) is 6.87. The maximum Gasteiger partial charge on any atom is 0.416 e. The Labute approximate surface area is 138 Å². The summed E-state index contributed by atoms with van der Waals surface area (Å²) in [5.74, 6) is -3.50. The zero-order valence-electron chi connectivity index (χ0n) is 12.5. The molecule has 0 bridgehead atoms. The number of benzene rings is 2. The first kappa shape index (κ1) is 18.4. The van der Waals surface area contributed by atoms with Crippen molar-refractivity contribution in [1.29, 1.82) is 0 Å². The van der Waals surface area contributed by atoms with Crippen molar-refractivity contribution in [3.05, 3.63) is 59.7 Å². The van der Waals surface area contributed by atoms with E-state index in [1.54, 1.807) is 0 Å². The van der Waals surface area contributed by atoms with Crippen molar-refractivity contribution in [2.45, 2.75) is 12.6 Å². The maximum absolute atomic E-state index is 13.4. The molecule has 0 spiro atoms. The molecule has 2 aromatic carbocycles. The van der Waals surface area contributed by atoms with Gasteiger partial charge in [0.05, 0.1) is 11.3 Å². The molecule has 0 fully saturated rings. The number of rotatable bonds is 4. The van der Waals surface area contributed by atoms with Gasteiger partial charge in [-0.2, -0.15) is 13.2 Å². The van der Waals surface area contributed by atoms with Crippen LogP contribution in [0, 0.1) is 11.6 Å². The molecular weight excluding hydrogens is 347 g/mol. The van der Waals surface area contributed by atoms with Crippen LogP contribution in [0.3, 0.4) is 0 Å². The first-order chi connectivity index (χ1) is 11.6. The predicted molar refractivity (Wildman–Crippen MR) is 79.7 cm³/mol. The standard InChI is InChI=1S/C16H11F5N2O2/c17-10-3-6-13(12(18)7-10)23-15(25)8-14(24)22-11-4-1-9(2-5-11)16(19,20)21/h1-7H,8H2,(H,22,24)(H,23,25). The smallest absolute Gasteiger partial charge is 0.326 e. The molecule has 9 heteroatoms. The average Bonchev–Trinajstić information content (AvgIpc) is 2.49. The summed E-state index contributed by atoms with van der Waals surface area (Å²) in [7, 11) is 0. The van der Waals surface area contributed by atoms with Crippen LogP contribution in [-0.4, -0.2) is 11.8 Å². The Hall–Kier alpha value is -2.97. The summed E-state index contributed by atoms with van der Waals surface area (Å²) in [4.78, 5) is 23.3. The second-order valence-corrected chi connectivity index (χ2v) is 4.97. The van der Waals surface area contributed by atoms with Gasteiger partial charge in [-0.05, 0) is 36.4 Å². The lowest BCUT2D eigenvalue weighted by Crippen LogP contribution is -2.22. The van der Waals surface area contributed by atoms with Crippen molar-refractivity contribution < 1.29 is 31.5 Å². The van der Waals surface area contributed by atoms with E-state index in [0.717, 1.165) is 36.4 Å². The fraction of sp³-hybridized carbons (Fsp3) is 0.125. The van der Waals surface area contributed by atoms with Gasteiger partial charge in [0, 0.05) is 11.8 Å². The van der Waals surface area contributed by atoms with Crippen molar-refractivity contribution in [3.63, 3.8) is 0 Å². The molecule has 2 N–H and O–H groups in total. The predicted octanol–water partition coefficient (Wildman–Crippen LogP) is 3.95. The topological polar surface area (TPSA) is 58.2 Å². The molecule has 0 heterocycles. The van der Waals surface area contributed by atoms with Crippen LogP contribution in [0.2, 0.25) is 0 Å². The van der Waals surface area contributed by atoms with Crippen LogP contribution in [0.15, 0.2) is 42.5 Å². The summed E-state index contributed by atoms with van der Waals surface area (Å²) in [6.45, 7) is 0. The van der Waals surface area contributed by atoms with Crippen LogP contribution in [0.4, 0.5) is 33.3 Å². The molecule has 0 aliphatic heterocycles. The van der Waals surface area contributed by atoms with E-state index in [-0.39, 0.29) is 11.4 Å². The molecule has 0 saturated heterocycles. The van der Waals surface area contributed by atoms with Crippen molar-refractivity contribution >= 4 is 23.2 Å². The van der Waals surface area contributed by atoms with E-state index in [0.29, 0.717) is 6.07 Å². The van der Waals surface area contributed by atoms with Crippen molar-refractivity contribution in [3.8, 4) is 0 Å². The van der Waals surface area contributed by atoms with E-state index in [1.807, 2.05) is 0 Å². The number of carbonyl (C=O) groups is 2. The first-order valence-corrected chi connectivity index (χ1v) is 6.87. The van der Waals surface area contributed by atoms with Crippen LogP contribution in [0.25, 0.3) is 0 Å². The number of amides is 2. The lowest BCUT2D eigenvalue weighted by molar-refractivity contribution is -0.137. The van der Waals surface area contributed by atoms with Gasteiger partial charge in [0.15, 0.2) is 0 Å². The minimum Gasteiger partial charge on any atom is -0.326 e. The van der Waals surface area contributed by atoms with Crippen LogP contribution < -0.4 is 10.6 Å². The van der Waals surface area contributed by atoms with Gasteiger partial charge in [0.1, 0.15) is 18.1 Å². The van der Waals surface area contributed by atoms with Crippen LogP contribution >= 0.6 is 0 Å². The third kappa shape index (κ3) is 5.27. The Morgan fingerprint density at radius 3 is 2.04 bits per heavy atom. The number of carbonyl (C=O) groups excluding carboxylic acids is 2. The SMILES string of the molecule is O=C(CC(=O)Nc1ccc(F)cc1F)Nc1ccc(C(F)(F)F)cc1. The monoisotopic (exact) mass is 358 g/mol. The second kappa shape index (κ2) is 7.29. The normalized spacial score (nSPS) is 11.1. The van der Waals surface area contributed by atoms with E-state index in [1.165, 1.54) is 0 Å². The number of hydrogen-bond donors (Lipinski definition) is 2. The number of nitrogens with one attached hydrogen (secondary N) is 2. The molecule has 2 amide bonds. The number of alkyl halides is 3. The molecule has 0 aliphatic rings. The molecule has 132 valence electrons. The van der Waals surface area contributed by atoms with E-state index >= 15 is 0 Å². The summed E-state index contributed by atoms with van der Waals surface area (Å²) in [5.41, 5.74) is -1.11. The molecule has 0 atom stereocenters. The summed E-state index contributed by atoms with van der Waals surface area (Å²) >= 11 is 0. The van der Waals surface area contributed by atoms with Crippen molar-refractivity contribution in [2.75, 3.05) is 10.6 Å². The zero-order chi connectivity index (χ0) is 18.6. The Kier molecular flexibility index (Phi) is 5.35. The fourth-order valence-electron chi connectivity index (χ4n) is 1.88. The van der Waals surface area contributed by atoms with E-state index in [4.69, 9.17) is 0 Å². The number of halogens is 5. The summed E-state index contributed by atoms with van der Waals surface area (Å²) in [6, 6.07) is 6.14. The number of anilines is 2. The Balaban J connectivity index is 1.92. The molecule has 4 nitrogen and oxygen atoms in total. The second-order valence-electron chi connectivity index (χ2n) is 4.97. The summed E-state index contributed by atoms with van der Waals surface area (Å²) < 4.78 is 63.4. The maximum atomic E-state index is 13.4. The molecule has 0 radical (unpaired) electrons. The largest absolute Gasteiger partial charge is 0.416 e. The van der Waals surface area contributed by atoms with Gasteiger partial charge in [0.25, 0.3) is 0 Å².